The van der Waals surface area contributed by atoms with Gasteiger partial charge in [-0.25, -0.2) is 0 Å². The fourth-order valence-electron chi connectivity index (χ4n) is 2.36. The average Bonchev–Trinajstić information content (AvgIpc) is 3.28. The first kappa shape index (κ1) is 18.6. The number of carbonyl (C=O) groups excluding carboxylic acids is 1. The number of hydrogen-bond donors (Lipinski definition) is 1. The van der Waals surface area contributed by atoms with Gasteiger partial charge in [-0.15, -0.1) is 10.2 Å². The van der Waals surface area contributed by atoms with Gasteiger partial charge in [0.25, 0.3) is 5.91 Å². The second kappa shape index (κ2) is 8.03. The largest absolute Gasteiger partial charge is 0.495 e. The number of anilines is 1. The van der Waals surface area contributed by atoms with Crippen molar-refractivity contribution in [3.63, 3.8) is 0 Å². The topological polar surface area (TPSA) is 92.8 Å². The average molecular weight is 400 g/mol. The highest BCUT2D eigenvalue weighted by Gasteiger charge is 2.13. The van der Waals surface area contributed by atoms with Crippen LogP contribution in [0.4, 0.5) is 5.13 Å². The van der Waals surface area contributed by atoms with Gasteiger partial charge in [-0.1, -0.05) is 22.9 Å². The summed E-state index contributed by atoms with van der Waals surface area (Å²) in [6.45, 7) is 1.78. The fraction of sp³-hybridized carbons (Fsp3) is 0.111. The lowest BCUT2D eigenvalue weighted by Gasteiger charge is -2.10. The van der Waals surface area contributed by atoms with Crippen molar-refractivity contribution in [1.82, 2.24) is 14.8 Å². The summed E-state index contributed by atoms with van der Waals surface area (Å²) in [4.78, 5) is 12.4. The van der Waals surface area contributed by atoms with Crippen LogP contribution < -0.4 is 10.1 Å². The summed E-state index contributed by atoms with van der Waals surface area (Å²) in [7, 11) is 1.54. The Bertz CT molecular complexity index is 1060. The molecule has 0 saturated carbocycles. The second-order valence-corrected chi connectivity index (χ2v) is 6.96. The van der Waals surface area contributed by atoms with Gasteiger partial charge < -0.3 is 9.30 Å². The van der Waals surface area contributed by atoms with E-state index in [-0.39, 0.29) is 5.57 Å². The maximum atomic E-state index is 12.4. The molecule has 7 nitrogen and oxygen atoms in total. The van der Waals surface area contributed by atoms with Crippen molar-refractivity contribution >= 4 is 40.1 Å². The number of amides is 1. The van der Waals surface area contributed by atoms with Crippen molar-refractivity contribution in [3.05, 3.63) is 57.8 Å². The van der Waals surface area contributed by atoms with Crippen molar-refractivity contribution in [2.75, 3.05) is 12.4 Å². The molecule has 2 heterocycles. The Hall–Kier alpha value is -3.15. The third-order valence-electron chi connectivity index (χ3n) is 3.60. The quantitative estimate of drug-likeness (QED) is 0.519. The first-order valence-electron chi connectivity index (χ1n) is 7.76. The minimum atomic E-state index is -0.547. The standard InChI is InChI=1S/C18H14ClN5O2S/c1-11-22-23-18(27-11)21-17(25)12(10-20)8-13-4-3-7-24(13)14-5-6-16(26-2)15(19)9-14/h3-9H,1-2H3,(H,21,23,25). The number of benzene rings is 1. The van der Waals surface area contributed by atoms with E-state index < -0.39 is 5.91 Å². The van der Waals surface area contributed by atoms with E-state index in [9.17, 15) is 10.1 Å². The van der Waals surface area contributed by atoms with Crippen LogP contribution in [0.25, 0.3) is 11.8 Å². The van der Waals surface area contributed by atoms with E-state index in [0.717, 1.165) is 10.7 Å². The second-order valence-electron chi connectivity index (χ2n) is 5.37. The van der Waals surface area contributed by atoms with Gasteiger partial charge in [-0.3, -0.25) is 10.1 Å². The summed E-state index contributed by atoms with van der Waals surface area (Å²) in [6.07, 6.45) is 3.31. The first-order valence-corrected chi connectivity index (χ1v) is 8.96. The monoisotopic (exact) mass is 399 g/mol. The highest BCUT2D eigenvalue weighted by molar-refractivity contribution is 7.15. The van der Waals surface area contributed by atoms with Crippen LogP contribution in [-0.2, 0) is 4.79 Å². The molecule has 0 fully saturated rings. The summed E-state index contributed by atoms with van der Waals surface area (Å²) in [5.41, 5.74) is 1.37. The molecule has 0 unspecified atom stereocenters. The van der Waals surface area contributed by atoms with E-state index in [1.54, 1.807) is 32.2 Å². The highest BCUT2D eigenvalue weighted by Crippen LogP contribution is 2.27. The summed E-state index contributed by atoms with van der Waals surface area (Å²) in [5.74, 6) is 0.0169. The van der Waals surface area contributed by atoms with E-state index in [0.29, 0.717) is 21.6 Å². The molecule has 0 saturated heterocycles. The van der Waals surface area contributed by atoms with Crippen molar-refractivity contribution in [2.24, 2.45) is 0 Å². The van der Waals surface area contributed by atoms with Gasteiger partial charge in [0.2, 0.25) is 5.13 Å². The third-order valence-corrected chi connectivity index (χ3v) is 4.65. The van der Waals surface area contributed by atoms with E-state index in [4.69, 9.17) is 16.3 Å². The molecule has 0 aliphatic rings. The van der Waals surface area contributed by atoms with Gasteiger partial charge in [0, 0.05) is 17.6 Å². The Morgan fingerprint density at radius 2 is 2.22 bits per heavy atom. The Balaban J connectivity index is 1.90. The molecule has 27 heavy (non-hydrogen) atoms. The van der Waals surface area contributed by atoms with E-state index >= 15 is 0 Å². The van der Waals surface area contributed by atoms with Gasteiger partial charge >= 0.3 is 0 Å². The van der Waals surface area contributed by atoms with Gasteiger partial charge in [0.15, 0.2) is 0 Å². The molecule has 0 spiro atoms. The van der Waals surface area contributed by atoms with Crippen LogP contribution in [-0.4, -0.2) is 27.8 Å². The maximum absolute atomic E-state index is 12.4. The number of rotatable bonds is 5. The molecule has 3 aromatic rings. The molecular weight excluding hydrogens is 386 g/mol. The normalized spacial score (nSPS) is 11.1. The SMILES string of the molecule is COc1ccc(-n2cccc2C=C(C#N)C(=O)Nc2nnc(C)s2)cc1Cl. The predicted octanol–water partition coefficient (Wildman–Crippen LogP) is 3.84. The molecule has 0 aliphatic carbocycles. The Morgan fingerprint density at radius 1 is 1.41 bits per heavy atom. The molecule has 0 aliphatic heterocycles. The van der Waals surface area contributed by atoms with Crippen molar-refractivity contribution < 1.29 is 9.53 Å². The van der Waals surface area contributed by atoms with Gasteiger partial charge in [0.1, 0.15) is 22.4 Å². The Kier molecular flexibility index (Phi) is 5.54. The lowest BCUT2D eigenvalue weighted by atomic mass is 10.2. The maximum Gasteiger partial charge on any atom is 0.268 e. The summed E-state index contributed by atoms with van der Waals surface area (Å²) in [5, 5.41) is 21.2. The van der Waals surface area contributed by atoms with Crippen molar-refractivity contribution in [2.45, 2.75) is 6.92 Å². The zero-order valence-electron chi connectivity index (χ0n) is 14.4. The van der Waals surface area contributed by atoms with Crippen LogP contribution in [0.15, 0.2) is 42.1 Å². The van der Waals surface area contributed by atoms with Crippen LogP contribution in [0.2, 0.25) is 5.02 Å². The number of hydrogen-bond acceptors (Lipinski definition) is 6. The number of aromatic nitrogens is 3. The molecule has 2 aromatic heterocycles. The Labute approximate surface area is 164 Å². The van der Waals surface area contributed by atoms with Crippen LogP contribution in [0.3, 0.4) is 0 Å². The van der Waals surface area contributed by atoms with E-state index in [2.05, 4.69) is 15.5 Å². The van der Waals surface area contributed by atoms with Gasteiger partial charge in [0.05, 0.1) is 12.1 Å². The van der Waals surface area contributed by atoms with Crippen LogP contribution >= 0.6 is 22.9 Å². The number of halogens is 1. The number of aryl methyl sites for hydroxylation is 1. The summed E-state index contributed by atoms with van der Waals surface area (Å²) >= 11 is 7.43. The molecule has 136 valence electrons. The summed E-state index contributed by atoms with van der Waals surface area (Å²) < 4.78 is 6.97. The zero-order valence-corrected chi connectivity index (χ0v) is 16.0. The van der Waals surface area contributed by atoms with Crippen LogP contribution in [0.5, 0.6) is 5.75 Å². The Morgan fingerprint density at radius 3 is 2.85 bits per heavy atom. The number of ether oxygens (including phenoxy) is 1. The van der Waals surface area contributed by atoms with Crippen LogP contribution in [0, 0.1) is 18.3 Å². The van der Waals surface area contributed by atoms with Crippen LogP contribution in [0.1, 0.15) is 10.7 Å². The molecule has 1 aromatic carbocycles. The summed E-state index contributed by atoms with van der Waals surface area (Å²) in [6, 6.07) is 10.8. The van der Waals surface area contributed by atoms with E-state index in [1.807, 2.05) is 29.0 Å². The molecule has 0 radical (unpaired) electrons. The van der Waals surface area contributed by atoms with Gasteiger partial charge in [-0.2, -0.15) is 5.26 Å². The number of nitriles is 1. The minimum absolute atomic E-state index is 0.0533. The molecule has 1 amide bonds. The fourth-order valence-corrected chi connectivity index (χ4v) is 3.20. The molecule has 1 N–H and O–H groups in total. The first-order chi connectivity index (χ1) is 13.0. The predicted molar refractivity (Wildman–Crippen MR) is 104 cm³/mol. The lowest BCUT2D eigenvalue weighted by Crippen LogP contribution is -2.13. The van der Waals surface area contributed by atoms with Gasteiger partial charge in [-0.05, 0) is 43.3 Å². The molecule has 0 bridgehead atoms. The van der Waals surface area contributed by atoms with Crippen molar-refractivity contribution in [3.8, 4) is 17.5 Å². The number of nitrogens with zero attached hydrogens (tertiary/aromatic N) is 4. The number of methoxy groups -OCH3 is 1. The van der Waals surface area contributed by atoms with E-state index in [1.165, 1.54) is 17.4 Å². The zero-order chi connectivity index (χ0) is 19.4. The molecule has 9 heteroatoms. The smallest absolute Gasteiger partial charge is 0.268 e. The number of carbonyl (C=O) groups is 1. The van der Waals surface area contributed by atoms with Crippen molar-refractivity contribution in [1.29, 1.82) is 5.26 Å². The molecular formula is C18H14ClN5O2S. The highest BCUT2D eigenvalue weighted by atomic mass is 35.5. The molecule has 3 rings (SSSR count). The lowest BCUT2D eigenvalue weighted by molar-refractivity contribution is -0.112. The molecule has 0 atom stereocenters. The third kappa shape index (κ3) is 4.16. The minimum Gasteiger partial charge on any atom is -0.495 e. The number of nitrogens with one attached hydrogen (secondary N) is 1.